The lowest BCUT2D eigenvalue weighted by Crippen LogP contribution is -2.03. The third-order valence-corrected chi connectivity index (χ3v) is 2.96. The Balaban J connectivity index is 2.33. The lowest BCUT2D eigenvalue weighted by atomic mass is 10.0. The molecule has 0 aliphatic carbocycles. The van der Waals surface area contributed by atoms with Gasteiger partial charge in [0.2, 0.25) is 5.78 Å². The number of alkyl halides is 3. The molecule has 0 unspecified atom stereocenters. The molecule has 0 spiro atoms. The second-order valence-electron chi connectivity index (χ2n) is 3.53. The Morgan fingerprint density at radius 2 is 2.06 bits per heavy atom. The summed E-state index contributed by atoms with van der Waals surface area (Å²) in [6.07, 6.45) is 0. The van der Waals surface area contributed by atoms with Crippen molar-refractivity contribution in [2.24, 2.45) is 5.73 Å². The normalized spacial score (nSPS) is 16.1. The lowest BCUT2D eigenvalue weighted by Gasteiger charge is -2.07. The van der Waals surface area contributed by atoms with E-state index in [0.29, 0.717) is 5.56 Å². The highest BCUT2D eigenvalue weighted by Gasteiger charge is 2.30. The minimum absolute atomic E-state index is 0.000000000000000444. The molecule has 3 nitrogen and oxygen atoms in total. The zero-order valence-corrected chi connectivity index (χ0v) is 9.77. The average molecular weight is 275 g/mol. The van der Waals surface area contributed by atoms with Crippen molar-refractivity contribution in [1.29, 1.82) is 0 Å². The van der Waals surface area contributed by atoms with Crippen LogP contribution in [0.3, 0.4) is 0 Å². The molecule has 0 amide bonds. The minimum Gasteiger partial charge on any atom is -0.470 e. The summed E-state index contributed by atoms with van der Waals surface area (Å²) in [6, 6.07) is 5.55. The molecule has 2 rings (SSSR count). The molecule has 0 saturated heterocycles. The fourth-order valence-electron chi connectivity index (χ4n) is 1.58. The molecule has 0 bridgehead atoms. The topological polar surface area (TPSA) is 52.3 Å². The maximum absolute atomic E-state index is 12.2. The number of Topliss-reactive ketones (excluding diaryl/α,β-unsaturated/α-hetero) is 1. The molecule has 1 aliphatic rings. The number of rotatable bonds is 2. The zero-order chi connectivity index (χ0) is 13.3. The van der Waals surface area contributed by atoms with Crippen molar-refractivity contribution in [1.82, 2.24) is 0 Å². The molecule has 1 aromatic rings. The Kier molecular flexibility index (Phi) is 3.25. The van der Waals surface area contributed by atoms with Gasteiger partial charge in [0.15, 0.2) is 12.5 Å². The van der Waals surface area contributed by atoms with Gasteiger partial charge in [0.1, 0.15) is 0 Å². The quantitative estimate of drug-likeness (QED) is 0.843. The molecule has 1 aliphatic heterocycles. The Hall–Kier alpha value is -1.63. The van der Waals surface area contributed by atoms with Gasteiger partial charge in [0.05, 0.1) is 5.57 Å². The number of benzene rings is 1. The van der Waals surface area contributed by atoms with E-state index in [1.165, 1.54) is 24.3 Å². The van der Waals surface area contributed by atoms with Crippen molar-refractivity contribution >= 4 is 23.1 Å². The van der Waals surface area contributed by atoms with Crippen LogP contribution in [0.5, 0.6) is 0 Å². The summed E-state index contributed by atoms with van der Waals surface area (Å²) in [5.41, 5.74) is 1.60. The highest BCUT2D eigenvalue weighted by atomic mass is 32.2. The Bertz CT molecular complexity index is 525. The van der Waals surface area contributed by atoms with Crippen molar-refractivity contribution in [2.75, 3.05) is 6.61 Å². The summed E-state index contributed by atoms with van der Waals surface area (Å²) < 4.78 is 41.6. The molecule has 0 aromatic heterocycles. The van der Waals surface area contributed by atoms with Gasteiger partial charge in [-0.15, -0.1) is 0 Å². The van der Waals surface area contributed by atoms with Gasteiger partial charge in [0.25, 0.3) is 0 Å². The van der Waals surface area contributed by atoms with E-state index in [1.807, 2.05) is 0 Å². The number of ether oxygens (including phenoxy) is 1. The SMILES string of the molecule is NC1=C(c2cccc(SC(F)(F)F)c2)C(=O)CO1. The molecule has 18 heavy (non-hydrogen) atoms. The molecule has 1 heterocycles. The second-order valence-corrected chi connectivity index (χ2v) is 4.67. The fraction of sp³-hybridized carbons (Fsp3) is 0.182. The molecular weight excluding hydrogens is 267 g/mol. The van der Waals surface area contributed by atoms with E-state index in [4.69, 9.17) is 10.5 Å². The van der Waals surface area contributed by atoms with Gasteiger partial charge in [-0.3, -0.25) is 4.79 Å². The Morgan fingerprint density at radius 3 is 2.61 bits per heavy atom. The summed E-state index contributed by atoms with van der Waals surface area (Å²) in [6.45, 7) is -0.169. The molecule has 1 aromatic carbocycles. The highest BCUT2D eigenvalue weighted by molar-refractivity contribution is 8.00. The zero-order valence-electron chi connectivity index (χ0n) is 8.95. The van der Waals surface area contributed by atoms with E-state index >= 15 is 0 Å². The van der Waals surface area contributed by atoms with Gasteiger partial charge in [-0.1, -0.05) is 12.1 Å². The van der Waals surface area contributed by atoms with Crippen LogP contribution in [-0.4, -0.2) is 17.9 Å². The third-order valence-electron chi connectivity index (χ3n) is 2.24. The molecule has 96 valence electrons. The van der Waals surface area contributed by atoms with Crippen LogP contribution >= 0.6 is 11.8 Å². The predicted molar refractivity (Wildman–Crippen MR) is 60.4 cm³/mol. The van der Waals surface area contributed by atoms with Gasteiger partial charge in [0, 0.05) is 4.90 Å². The van der Waals surface area contributed by atoms with Crippen LogP contribution in [0.2, 0.25) is 0 Å². The summed E-state index contributed by atoms with van der Waals surface area (Å²) >= 11 is -0.239. The van der Waals surface area contributed by atoms with Crippen LogP contribution in [-0.2, 0) is 9.53 Å². The Labute approximate surface area is 105 Å². The first-order valence-electron chi connectivity index (χ1n) is 4.89. The minimum atomic E-state index is -4.37. The molecule has 7 heteroatoms. The number of nitrogens with two attached hydrogens (primary N) is 1. The van der Waals surface area contributed by atoms with Gasteiger partial charge >= 0.3 is 5.51 Å². The van der Waals surface area contributed by atoms with Crippen LogP contribution < -0.4 is 5.73 Å². The van der Waals surface area contributed by atoms with Crippen molar-refractivity contribution < 1.29 is 22.7 Å². The van der Waals surface area contributed by atoms with E-state index in [2.05, 4.69) is 0 Å². The van der Waals surface area contributed by atoms with E-state index in [9.17, 15) is 18.0 Å². The second kappa shape index (κ2) is 4.56. The van der Waals surface area contributed by atoms with E-state index < -0.39 is 5.51 Å². The van der Waals surface area contributed by atoms with Gasteiger partial charge < -0.3 is 10.5 Å². The average Bonchev–Trinajstić information content (AvgIpc) is 2.56. The monoisotopic (exact) mass is 275 g/mol. The number of ketones is 1. The molecular formula is C11H8F3NO2S. The Morgan fingerprint density at radius 1 is 1.33 bits per heavy atom. The number of hydrogen-bond donors (Lipinski definition) is 1. The molecule has 0 saturated carbocycles. The van der Waals surface area contributed by atoms with Crippen LogP contribution in [0.25, 0.3) is 5.57 Å². The lowest BCUT2D eigenvalue weighted by molar-refractivity contribution is -0.115. The number of hydrogen-bond acceptors (Lipinski definition) is 4. The van der Waals surface area contributed by atoms with Crippen LogP contribution in [0.15, 0.2) is 35.0 Å². The summed E-state index contributed by atoms with van der Waals surface area (Å²) in [5, 5.41) is 0. The predicted octanol–water partition coefficient (Wildman–Crippen LogP) is 2.53. The van der Waals surface area contributed by atoms with E-state index in [1.54, 1.807) is 0 Å². The van der Waals surface area contributed by atoms with Crippen LogP contribution in [0, 0.1) is 0 Å². The van der Waals surface area contributed by atoms with E-state index in [0.717, 1.165) is 0 Å². The largest absolute Gasteiger partial charge is 0.470 e. The van der Waals surface area contributed by atoms with Crippen molar-refractivity contribution in [3.63, 3.8) is 0 Å². The van der Waals surface area contributed by atoms with Gasteiger partial charge in [-0.25, -0.2) is 0 Å². The number of halogens is 3. The first-order valence-corrected chi connectivity index (χ1v) is 5.70. The summed E-state index contributed by atoms with van der Waals surface area (Å²) in [5.74, 6) is -0.379. The van der Waals surface area contributed by atoms with Crippen molar-refractivity contribution in [2.45, 2.75) is 10.4 Å². The van der Waals surface area contributed by atoms with Gasteiger partial charge in [-0.05, 0) is 29.5 Å². The summed E-state index contributed by atoms with van der Waals surface area (Å²) in [4.78, 5) is 11.5. The van der Waals surface area contributed by atoms with Crippen molar-refractivity contribution in [3.8, 4) is 0 Å². The number of carbonyl (C=O) groups is 1. The highest BCUT2D eigenvalue weighted by Crippen LogP contribution is 2.38. The van der Waals surface area contributed by atoms with E-state index in [-0.39, 0.29) is 40.5 Å². The fourth-order valence-corrected chi connectivity index (χ4v) is 2.18. The van der Waals surface area contributed by atoms with Crippen LogP contribution in [0.4, 0.5) is 13.2 Å². The molecule has 2 N–H and O–H groups in total. The third kappa shape index (κ3) is 2.79. The molecule has 0 fully saturated rings. The number of thioether (sulfide) groups is 1. The van der Waals surface area contributed by atoms with Crippen molar-refractivity contribution in [3.05, 3.63) is 35.7 Å². The smallest absolute Gasteiger partial charge is 0.446 e. The summed E-state index contributed by atoms with van der Waals surface area (Å²) in [7, 11) is 0. The van der Waals surface area contributed by atoms with Gasteiger partial charge in [-0.2, -0.15) is 13.2 Å². The maximum atomic E-state index is 12.2. The van der Waals surface area contributed by atoms with Crippen LogP contribution in [0.1, 0.15) is 5.56 Å². The molecule has 0 radical (unpaired) electrons. The maximum Gasteiger partial charge on any atom is 0.446 e. The standard InChI is InChI=1S/C11H8F3NO2S/c12-11(13,14)18-7-3-1-2-6(4-7)9-8(16)5-17-10(9)15/h1-4H,5,15H2. The first-order chi connectivity index (χ1) is 8.37. The first kappa shape index (κ1) is 12.8. The molecule has 0 atom stereocenters. The number of carbonyl (C=O) groups excluding carboxylic acids is 1.